The number of para-hydroxylation sites is 1. The molecule has 1 atom stereocenters. The molecule has 0 aliphatic heterocycles. The summed E-state index contributed by atoms with van der Waals surface area (Å²) >= 11 is 0. The van der Waals surface area contributed by atoms with E-state index in [1.807, 2.05) is 0 Å². The molecule has 0 fully saturated rings. The molecule has 0 heterocycles. The van der Waals surface area contributed by atoms with Crippen molar-refractivity contribution >= 4 is 23.3 Å². The first-order valence-corrected chi connectivity index (χ1v) is 7.85. The molecule has 0 aromatic heterocycles. The number of aliphatic hydroxyl groups is 1. The van der Waals surface area contributed by atoms with Gasteiger partial charge in [0.25, 0.3) is 11.8 Å². The number of ketones is 1. The van der Waals surface area contributed by atoms with Crippen molar-refractivity contribution in [3.63, 3.8) is 0 Å². The van der Waals surface area contributed by atoms with Gasteiger partial charge in [-0.25, -0.2) is 0 Å². The minimum Gasteiger partial charge on any atom is -0.387 e. The highest BCUT2D eigenvalue weighted by Gasteiger charge is 2.15. The van der Waals surface area contributed by atoms with Crippen molar-refractivity contribution in [2.24, 2.45) is 0 Å². The smallest absolute Gasteiger partial charge is 0.271 e. The number of hydrogen-bond acceptors (Lipinski definition) is 5. The van der Waals surface area contributed by atoms with Gasteiger partial charge in [-0.3, -0.25) is 25.2 Å². The van der Waals surface area contributed by atoms with Crippen molar-refractivity contribution in [1.29, 1.82) is 0 Å². The van der Waals surface area contributed by atoms with Crippen LogP contribution in [0.5, 0.6) is 0 Å². The topological polar surface area (TPSA) is 108 Å². The van der Waals surface area contributed by atoms with E-state index < -0.39 is 17.9 Å². The van der Waals surface area contributed by atoms with E-state index in [1.165, 1.54) is 0 Å². The Bertz CT molecular complexity index is 819. The molecule has 2 aromatic carbocycles. The molecule has 2 rings (SSSR count). The lowest BCUT2D eigenvalue weighted by Crippen LogP contribution is -2.46. The Labute approximate surface area is 150 Å². The molecule has 7 heteroatoms. The third-order valence-electron chi connectivity index (χ3n) is 3.50. The Morgan fingerprint density at radius 3 is 2.31 bits per heavy atom. The molecule has 0 saturated carbocycles. The van der Waals surface area contributed by atoms with Crippen LogP contribution in [0.15, 0.2) is 66.7 Å². The molecule has 1 unspecified atom stereocenters. The summed E-state index contributed by atoms with van der Waals surface area (Å²) in [7, 11) is 1.67. The minimum atomic E-state index is -1.58. The number of aliphatic hydroxyl groups excluding tert-OH is 1. The molecule has 2 amide bonds. The van der Waals surface area contributed by atoms with Gasteiger partial charge in [0.05, 0.1) is 5.56 Å². The van der Waals surface area contributed by atoms with Gasteiger partial charge in [0, 0.05) is 18.3 Å². The number of benzene rings is 2. The fourth-order valence-corrected chi connectivity index (χ4v) is 2.12. The molecular formula is C19H19N3O4. The van der Waals surface area contributed by atoms with E-state index in [0.717, 1.165) is 12.2 Å². The molecule has 134 valence electrons. The Kier molecular flexibility index (Phi) is 6.64. The van der Waals surface area contributed by atoms with E-state index in [-0.39, 0.29) is 5.78 Å². The van der Waals surface area contributed by atoms with Crippen molar-refractivity contribution in [3.8, 4) is 0 Å². The first-order chi connectivity index (χ1) is 12.5. The zero-order valence-electron chi connectivity index (χ0n) is 14.1. The number of carbonyl (C=O) groups is 3. The molecule has 26 heavy (non-hydrogen) atoms. The summed E-state index contributed by atoms with van der Waals surface area (Å²) in [6, 6.07) is 15.2. The van der Waals surface area contributed by atoms with E-state index >= 15 is 0 Å². The fourth-order valence-electron chi connectivity index (χ4n) is 2.12. The second kappa shape index (κ2) is 9.14. The summed E-state index contributed by atoms with van der Waals surface area (Å²) in [5.74, 6) is -1.75. The van der Waals surface area contributed by atoms with Crippen LogP contribution in [0.3, 0.4) is 0 Å². The Hall–Kier alpha value is -3.45. The molecule has 7 nitrogen and oxygen atoms in total. The van der Waals surface area contributed by atoms with Gasteiger partial charge in [0.2, 0.25) is 0 Å². The molecule has 4 N–H and O–H groups in total. The SMILES string of the molecule is CNc1ccccc1C(=O)NNC(=O)C(O)/C=C/C(=O)c1ccccc1. The van der Waals surface area contributed by atoms with Crippen molar-refractivity contribution in [3.05, 3.63) is 77.9 Å². The van der Waals surface area contributed by atoms with Crippen molar-refractivity contribution < 1.29 is 19.5 Å². The largest absolute Gasteiger partial charge is 0.387 e. The Morgan fingerprint density at radius 1 is 0.962 bits per heavy atom. The van der Waals surface area contributed by atoms with Gasteiger partial charge in [-0.1, -0.05) is 42.5 Å². The third-order valence-corrected chi connectivity index (χ3v) is 3.50. The lowest BCUT2D eigenvalue weighted by atomic mass is 10.1. The van der Waals surface area contributed by atoms with Crippen molar-refractivity contribution in [1.82, 2.24) is 10.9 Å². The average Bonchev–Trinajstić information content (AvgIpc) is 2.70. The summed E-state index contributed by atoms with van der Waals surface area (Å²) in [5.41, 5.74) is 5.70. The Balaban J connectivity index is 1.90. The normalized spacial score (nSPS) is 11.6. The zero-order chi connectivity index (χ0) is 18.9. The predicted octanol–water partition coefficient (Wildman–Crippen LogP) is 1.29. The van der Waals surface area contributed by atoms with Gasteiger partial charge in [0.1, 0.15) is 0 Å². The van der Waals surface area contributed by atoms with E-state index in [0.29, 0.717) is 16.8 Å². The zero-order valence-corrected chi connectivity index (χ0v) is 14.1. The highest BCUT2D eigenvalue weighted by Crippen LogP contribution is 2.13. The molecule has 0 bridgehead atoms. The number of carbonyl (C=O) groups excluding carboxylic acids is 3. The summed E-state index contributed by atoms with van der Waals surface area (Å²) in [5, 5.41) is 12.6. The average molecular weight is 353 g/mol. The molecule has 0 saturated heterocycles. The maximum absolute atomic E-state index is 12.1. The lowest BCUT2D eigenvalue weighted by Gasteiger charge is -2.11. The van der Waals surface area contributed by atoms with Crippen LogP contribution >= 0.6 is 0 Å². The maximum atomic E-state index is 12.1. The van der Waals surface area contributed by atoms with E-state index in [9.17, 15) is 19.5 Å². The number of amides is 2. The number of nitrogens with one attached hydrogen (secondary N) is 3. The molecule has 0 spiro atoms. The number of anilines is 1. The second-order valence-electron chi connectivity index (χ2n) is 5.27. The molecule has 0 radical (unpaired) electrons. The first kappa shape index (κ1) is 18.9. The minimum absolute atomic E-state index is 0.333. The summed E-state index contributed by atoms with van der Waals surface area (Å²) in [4.78, 5) is 35.8. The molecular weight excluding hydrogens is 334 g/mol. The first-order valence-electron chi connectivity index (χ1n) is 7.85. The van der Waals surface area contributed by atoms with Crippen LogP contribution in [0, 0.1) is 0 Å². The van der Waals surface area contributed by atoms with Crippen LogP contribution < -0.4 is 16.2 Å². The van der Waals surface area contributed by atoms with Gasteiger partial charge in [-0.2, -0.15) is 0 Å². The third kappa shape index (κ3) is 5.02. The monoisotopic (exact) mass is 353 g/mol. The lowest BCUT2D eigenvalue weighted by molar-refractivity contribution is -0.127. The van der Waals surface area contributed by atoms with Gasteiger partial charge in [-0.15, -0.1) is 0 Å². The fraction of sp³-hybridized carbons (Fsp3) is 0.105. The van der Waals surface area contributed by atoms with Crippen LogP contribution in [-0.2, 0) is 4.79 Å². The molecule has 0 aliphatic rings. The van der Waals surface area contributed by atoms with Gasteiger partial charge >= 0.3 is 0 Å². The van der Waals surface area contributed by atoms with E-state index in [2.05, 4.69) is 16.2 Å². The van der Waals surface area contributed by atoms with Gasteiger partial charge < -0.3 is 10.4 Å². The number of rotatable bonds is 6. The highest BCUT2D eigenvalue weighted by molar-refractivity contribution is 6.05. The summed E-state index contributed by atoms with van der Waals surface area (Å²) < 4.78 is 0. The quantitative estimate of drug-likeness (QED) is 0.356. The summed E-state index contributed by atoms with van der Waals surface area (Å²) in [6.07, 6.45) is 0.582. The summed E-state index contributed by atoms with van der Waals surface area (Å²) in [6.45, 7) is 0. The standard InChI is InChI=1S/C19H19N3O4/c1-20-15-10-6-5-9-14(15)18(25)21-22-19(26)17(24)12-11-16(23)13-7-3-2-4-8-13/h2-12,17,20,24H,1H3,(H,21,25)(H,22,26)/b12-11+. The van der Waals surface area contributed by atoms with Crippen molar-refractivity contribution in [2.75, 3.05) is 12.4 Å². The Morgan fingerprint density at radius 2 is 1.62 bits per heavy atom. The highest BCUT2D eigenvalue weighted by atomic mass is 16.3. The maximum Gasteiger partial charge on any atom is 0.271 e. The molecule has 2 aromatic rings. The van der Waals surface area contributed by atoms with E-state index in [4.69, 9.17) is 0 Å². The van der Waals surface area contributed by atoms with Crippen LogP contribution in [0.1, 0.15) is 20.7 Å². The van der Waals surface area contributed by atoms with Crippen molar-refractivity contribution in [2.45, 2.75) is 6.10 Å². The number of allylic oxidation sites excluding steroid dienone is 1. The second-order valence-corrected chi connectivity index (χ2v) is 5.27. The van der Waals surface area contributed by atoms with Crippen LogP contribution in [-0.4, -0.2) is 35.9 Å². The van der Waals surface area contributed by atoms with Crippen LogP contribution in [0.25, 0.3) is 0 Å². The predicted molar refractivity (Wildman–Crippen MR) is 97.5 cm³/mol. The van der Waals surface area contributed by atoms with Gasteiger partial charge in [-0.05, 0) is 24.3 Å². The van der Waals surface area contributed by atoms with E-state index in [1.54, 1.807) is 61.6 Å². The number of hydrazine groups is 1. The van der Waals surface area contributed by atoms with Crippen LogP contribution in [0.4, 0.5) is 5.69 Å². The van der Waals surface area contributed by atoms with Gasteiger partial charge in [0.15, 0.2) is 11.9 Å². The van der Waals surface area contributed by atoms with Crippen LogP contribution in [0.2, 0.25) is 0 Å². The molecule has 0 aliphatic carbocycles. The number of hydrogen-bond donors (Lipinski definition) is 4.